The summed E-state index contributed by atoms with van der Waals surface area (Å²) in [7, 11) is 0. The lowest BCUT2D eigenvalue weighted by molar-refractivity contribution is -0.140. The summed E-state index contributed by atoms with van der Waals surface area (Å²) in [5.41, 5.74) is 0.596. The predicted molar refractivity (Wildman–Crippen MR) is 132 cm³/mol. The highest BCUT2D eigenvalue weighted by atomic mass is 32.1. The zero-order valence-electron chi connectivity index (χ0n) is 19.3. The molecule has 0 spiro atoms. The van der Waals surface area contributed by atoms with E-state index in [4.69, 9.17) is 4.74 Å². The summed E-state index contributed by atoms with van der Waals surface area (Å²) in [5, 5.41) is 7.99. The van der Waals surface area contributed by atoms with E-state index in [1.54, 1.807) is 13.8 Å². The van der Waals surface area contributed by atoms with Crippen LogP contribution in [0.25, 0.3) is 32.6 Å². The summed E-state index contributed by atoms with van der Waals surface area (Å²) in [6, 6.07) is 3.65. The Hall–Kier alpha value is -4.26. The van der Waals surface area contributed by atoms with Gasteiger partial charge in [0, 0.05) is 41.8 Å². The Balaban J connectivity index is 1.76. The summed E-state index contributed by atoms with van der Waals surface area (Å²) in [5.74, 6) is -1.62. The number of thiazole rings is 1. The van der Waals surface area contributed by atoms with Gasteiger partial charge in [0.25, 0.3) is 0 Å². The van der Waals surface area contributed by atoms with Crippen LogP contribution in [0, 0.1) is 11.6 Å². The number of hydrogen-bond donors (Lipinski definition) is 3. The Morgan fingerprint density at radius 1 is 1.11 bits per heavy atom. The molecule has 0 unspecified atom stereocenters. The van der Waals surface area contributed by atoms with Gasteiger partial charge in [-0.2, -0.15) is 0 Å². The normalized spacial score (nSPS) is 10.8. The number of aromatic nitrogens is 4. The molecule has 3 heterocycles. The van der Waals surface area contributed by atoms with E-state index in [1.807, 2.05) is 0 Å². The van der Waals surface area contributed by atoms with Crippen LogP contribution in [0.1, 0.15) is 13.8 Å². The van der Waals surface area contributed by atoms with Gasteiger partial charge in [-0.1, -0.05) is 11.3 Å². The third-order valence-corrected chi connectivity index (χ3v) is 5.84. The molecule has 0 saturated heterocycles. The van der Waals surface area contributed by atoms with Gasteiger partial charge in [0.05, 0.1) is 11.3 Å². The third-order valence-electron chi connectivity index (χ3n) is 4.84. The van der Waals surface area contributed by atoms with Gasteiger partial charge in [-0.3, -0.25) is 15.1 Å². The first-order valence-electron chi connectivity index (χ1n) is 10.9. The van der Waals surface area contributed by atoms with Crippen molar-refractivity contribution in [1.82, 2.24) is 25.3 Å². The molecule has 4 rings (SSSR count). The Kier molecular flexibility index (Phi) is 7.59. The van der Waals surface area contributed by atoms with Crippen molar-refractivity contribution in [1.29, 1.82) is 0 Å². The second kappa shape index (κ2) is 11.0. The highest BCUT2D eigenvalue weighted by molar-refractivity contribution is 7.22. The average molecular weight is 514 g/mol. The minimum atomic E-state index is -0.693. The largest absolute Gasteiger partial charge is 0.465 e. The molecule has 186 valence electrons. The molecule has 0 aliphatic heterocycles. The van der Waals surface area contributed by atoms with Crippen LogP contribution in [0.4, 0.5) is 24.7 Å². The number of halogens is 2. The fourth-order valence-corrected chi connectivity index (χ4v) is 4.27. The van der Waals surface area contributed by atoms with Crippen molar-refractivity contribution in [2.45, 2.75) is 13.8 Å². The number of esters is 1. The number of nitrogens with one attached hydrogen (secondary N) is 3. The Morgan fingerprint density at radius 2 is 1.89 bits per heavy atom. The topological polar surface area (TPSA) is 131 Å². The number of fused-ring (bicyclic) bond motifs is 1. The monoisotopic (exact) mass is 513 g/mol. The van der Waals surface area contributed by atoms with Gasteiger partial charge >= 0.3 is 12.0 Å². The number of benzene rings is 1. The molecule has 2 amide bonds. The summed E-state index contributed by atoms with van der Waals surface area (Å²) < 4.78 is 35.5. The molecule has 0 atom stereocenters. The number of ether oxygens (including phenoxy) is 1. The first-order chi connectivity index (χ1) is 17.4. The lowest BCUT2D eigenvalue weighted by Gasteiger charge is -2.10. The first kappa shape index (κ1) is 24.9. The molecule has 0 aliphatic carbocycles. The molecule has 0 bridgehead atoms. The number of carbonyl (C=O) groups is 2. The van der Waals surface area contributed by atoms with E-state index in [1.165, 1.54) is 36.8 Å². The van der Waals surface area contributed by atoms with Crippen LogP contribution < -0.4 is 16.0 Å². The second-order valence-electron chi connectivity index (χ2n) is 7.25. The average Bonchev–Trinajstić information content (AvgIpc) is 3.28. The maximum atomic E-state index is 15.7. The quantitative estimate of drug-likeness (QED) is 0.299. The molecule has 0 fully saturated rings. The van der Waals surface area contributed by atoms with Crippen molar-refractivity contribution in [3.05, 3.63) is 48.4 Å². The van der Waals surface area contributed by atoms with Crippen LogP contribution in [-0.2, 0) is 9.53 Å². The van der Waals surface area contributed by atoms with E-state index in [-0.39, 0.29) is 41.0 Å². The van der Waals surface area contributed by atoms with Gasteiger partial charge in [-0.05, 0) is 32.0 Å². The van der Waals surface area contributed by atoms with Gasteiger partial charge < -0.3 is 15.4 Å². The van der Waals surface area contributed by atoms with Gasteiger partial charge in [-0.25, -0.2) is 28.5 Å². The minimum absolute atomic E-state index is 0.00519. The van der Waals surface area contributed by atoms with Gasteiger partial charge in [0.15, 0.2) is 10.9 Å². The van der Waals surface area contributed by atoms with E-state index < -0.39 is 23.6 Å². The standard InChI is InChI=1S/C23H21F2N7O3S/c1-3-26-22(34)32-23-31-19-17(25)13(8-14(20(19)36-23)18-15(24)6-5-7-27-18)12-9-28-21(29-10-12)30-11-16(33)35-4-2/h5-10H,3-4,11H2,1-2H3,(H,28,29,30)(H2,26,31,32,34). The molecule has 3 N–H and O–H groups in total. The van der Waals surface area contributed by atoms with Crippen molar-refractivity contribution in [3.8, 4) is 22.4 Å². The summed E-state index contributed by atoms with van der Waals surface area (Å²) in [6.07, 6.45) is 4.16. The third kappa shape index (κ3) is 5.35. The van der Waals surface area contributed by atoms with Crippen LogP contribution in [0.5, 0.6) is 0 Å². The summed E-state index contributed by atoms with van der Waals surface area (Å²) in [6.45, 7) is 3.96. The molecule has 3 aromatic heterocycles. The first-order valence-corrected chi connectivity index (χ1v) is 11.7. The predicted octanol–water partition coefficient (Wildman–Crippen LogP) is 4.21. The smallest absolute Gasteiger partial charge is 0.325 e. The van der Waals surface area contributed by atoms with Crippen molar-refractivity contribution in [3.63, 3.8) is 0 Å². The minimum Gasteiger partial charge on any atom is -0.465 e. The van der Waals surface area contributed by atoms with Crippen molar-refractivity contribution in [2.24, 2.45) is 0 Å². The van der Waals surface area contributed by atoms with Crippen LogP contribution in [0.3, 0.4) is 0 Å². The highest BCUT2D eigenvalue weighted by Crippen LogP contribution is 2.40. The number of amides is 2. The SMILES string of the molecule is CCNC(=O)Nc1nc2c(F)c(-c3cnc(NCC(=O)OCC)nc3)cc(-c3ncccc3F)c2s1. The maximum Gasteiger partial charge on any atom is 0.325 e. The maximum absolute atomic E-state index is 15.7. The molecule has 13 heteroatoms. The van der Waals surface area contributed by atoms with Crippen molar-refractivity contribution >= 4 is 44.6 Å². The zero-order chi connectivity index (χ0) is 25.7. The van der Waals surface area contributed by atoms with Crippen LogP contribution >= 0.6 is 11.3 Å². The number of pyridine rings is 1. The van der Waals surface area contributed by atoms with Gasteiger partial charge in [-0.15, -0.1) is 0 Å². The molecule has 4 aromatic rings. The number of nitrogens with zero attached hydrogens (tertiary/aromatic N) is 4. The van der Waals surface area contributed by atoms with Gasteiger partial charge in [0.2, 0.25) is 5.95 Å². The fourth-order valence-electron chi connectivity index (χ4n) is 3.30. The molecule has 0 saturated carbocycles. The number of hydrogen-bond acceptors (Lipinski definition) is 9. The van der Waals surface area contributed by atoms with E-state index in [9.17, 15) is 14.0 Å². The van der Waals surface area contributed by atoms with Crippen molar-refractivity contribution in [2.75, 3.05) is 30.3 Å². The lowest BCUT2D eigenvalue weighted by Crippen LogP contribution is -2.28. The lowest BCUT2D eigenvalue weighted by atomic mass is 10.0. The van der Waals surface area contributed by atoms with E-state index in [0.717, 1.165) is 11.3 Å². The number of anilines is 2. The molecule has 10 nitrogen and oxygen atoms in total. The van der Waals surface area contributed by atoms with E-state index >= 15 is 4.39 Å². The molecular formula is C23H21F2N7O3S. The number of carbonyl (C=O) groups excluding carboxylic acids is 2. The van der Waals surface area contributed by atoms with Crippen LogP contribution in [0.15, 0.2) is 36.8 Å². The summed E-state index contributed by atoms with van der Waals surface area (Å²) >= 11 is 1.00. The zero-order valence-corrected chi connectivity index (χ0v) is 20.1. The van der Waals surface area contributed by atoms with E-state index in [0.29, 0.717) is 22.4 Å². The molecular weight excluding hydrogens is 492 g/mol. The Morgan fingerprint density at radius 3 is 2.58 bits per heavy atom. The summed E-state index contributed by atoms with van der Waals surface area (Å²) in [4.78, 5) is 40.1. The highest BCUT2D eigenvalue weighted by Gasteiger charge is 2.22. The molecule has 1 aromatic carbocycles. The second-order valence-corrected chi connectivity index (χ2v) is 8.25. The number of urea groups is 1. The molecule has 0 aliphatic rings. The Labute approximate surface area is 208 Å². The molecule has 36 heavy (non-hydrogen) atoms. The number of rotatable bonds is 8. The molecule has 0 radical (unpaired) electrons. The van der Waals surface area contributed by atoms with Crippen molar-refractivity contribution < 1.29 is 23.1 Å². The van der Waals surface area contributed by atoms with Gasteiger partial charge in [0.1, 0.15) is 23.6 Å². The Bertz CT molecular complexity index is 1410. The van der Waals surface area contributed by atoms with Crippen LogP contribution in [0.2, 0.25) is 0 Å². The van der Waals surface area contributed by atoms with E-state index in [2.05, 4.69) is 35.9 Å². The van der Waals surface area contributed by atoms with Crippen LogP contribution in [-0.4, -0.2) is 51.6 Å². The fraction of sp³-hybridized carbons (Fsp3) is 0.217.